The maximum absolute atomic E-state index is 11.3. The van der Waals surface area contributed by atoms with Crippen LogP contribution < -0.4 is 0 Å². The first-order valence-electron chi connectivity index (χ1n) is 9.78. The lowest BCUT2D eigenvalue weighted by Crippen LogP contribution is -2.53. The van der Waals surface area contributed by atoms with E-state index in [1.165, 1.54) is 18.4 Å². The summed E-state index contributed by atoms with van der Waals surface area (Å²) in [4.78, 5) is 0. The predicted octanol–water partition coefficient (Wildman–Crippen LogP) is 4.24. The van der Waals surface area contributed by atoms with E-state index in [4.69, 9.17) is 11.6 Å². The van der Waals surface area contributed by atoms with Gasteiger partial charge in [-0.25, -0.2) is 0 Å². The van der Waals surface area contributed by atoms with Crippen molar-refractivity contribution < 1.29 is 10.2 Å². The molecule has 7 atom stereocenters. The molecule has 132 valence electrons. The average Bonchev–Trinajstić information content (AvgIpc) is 2.88. The Morgan fingerprint density at radius 2 is 2.00 bits per heavy atom. The SMILES string of the molecule is CC[C@]12CC[C@H]3[C@@H](CCC4=C[C@@H](O)CC[C@@H]43)[C@@H]1CC[C@@]2(O)C#CCl. The minimum atomic E-state index is -0.891. The number of hydrogen-bond donors (Lipinski definition) is 2. The molecule has 0 heterocycles. The second-order valence-electron chi connectivity index (χ2n) is 8.63. The minimum absolute atomic E-state index is 0.0640. The molecule has 0 amide bonds. The number of hydrogen-bond acceptors (Lipinski definition) is 2. The molecule has 0 spiro atoms. The lowest BCUT2D eigenvalue weighted by Gasteiger charge is -2.56. The van der Waals surface area contributed by atoms with E-state index < -0.39 is 5.60 Å². The lowest BCUT2D eigenvalue weighted by molar-refractivity contribution is -0.100. The van der Waals surface area contributed by atoms with E-state index in [0.29, 0.717) is 17.8 Å². The molecule has 0 aromatic heterocycles. The normalized spacial score (nSPS) is 50.0. The van der Waals surface area contributed by atoms with Gasteiger partial charge in [-0.3, -0.25) is 0 Å². The second kappa shape index (κ2) is 6.04. The maximum atomic E-state index is 11.3. The Morgan fingerprint density at radius 3 is 2.75 bits per heavy atom. The van der Waals surface area contributed by atoms with Crippen LogP contribution in [0.2, 0.25) is 0 Å². The van der Waals surface area contributed by atoms with Crippen LogP contribution in [0.5, 0.6) is 0 Å². The first-order chi connectivity index (χ1) is 11.5. The molecule has 2 N–H and O–H groups in total. The van der Waals surface area contributed by atoms with E-state index in [9.17, 15) is 10.2 Å². The van der Waals surface area contributed by atoms with E-state index in [0.717, 1.165) is 50.9 Å². The van der Waals surface area contributed by atoms with Crippen LogP contribution in [-0.2, 0) is 0 Å². The fourth-order valence-electron chi connectivity index (χ4n) is 7.14. The molecule has 0 bridgehead atoms. The van der Waals surface area contributed by atoms with Gasteiger partial charge in [0, 0.05) is 10.8 Å². The molecule has 0 aromatic rings. The van der Waals surface area contributed by atoms with Gasteiger partial charge in [0.15, 0.2) is 0 Å². The fraction of sp³-hybridized carbons (Fsp3) is 0.810. The molecule has 0 aliphatic heterocycles. The van der Waals surface area contributed by atoms with Gasteiger partial charge in [-0.1, -0.05) is 24.5 Å². The van der Waals surface area contributed by atoms with Gasteiger partial charge < -0.3 is 10.2 Å². The van der Waals surface area contributed by atoms with Crippen molar-refractivity contribution in [3.63, 3.8) is 0 Å². The molecular formula is C21H29ClO2. The summed E-state index contributed by atoms with van der Waals surface area (Å²) in [6.45, 7) is 2.23. The van der Waals surface area contributed by atoms with Crippen molar-refractivity contribution in [1.29, 1.82) is 0 Å². The Kier molecular flexibility index (Phi) is 4.27. The smallest absolute Gasteiger partial charge is 0.132 e. The Bertz CT molecular complexity index is 603. The highest BCUT2D eigenvalue weighted by Crippen LogP contribution is 2.66. The Labute approximate surface area is 150 Å². The molecule has 3 fully saturated rings. The Morgan fingerprint density at radius 1 is 1.17 bits per heavy atom. The van der Waals surface area contributed by atoms with Crippen molar-refractivity contribution in [3.8, 4) is 11.3 Å². The largest absolute Gasteiger partial charge is 0.389 e. The van der Waals surface area contributed by atoms with Gasteiger partial charge in [-0.15, -0.1) is 0 Å². The third-order valence-electron chi connectivity index (χ3n) is 8.17. The van der Waals surface area contributed by atoms with Crippen LogP contribution in [0, 0.1) is 40.4 Å². The summed E-state index contributed by atoms with van der Waals surface area (Å²) in [7, 11) is 0. The molecule has 2 nitrogen and oxygen atoms in total. The quantitative estimate of drug-likeness (QED) is 0.549. The van der Waals surface area contributed by atoms with Crippen LogP contribution in [-0.4, -0.2) is 21.9 Å². The molecule has 3 heteroatoms. The number of halogens is 1. The van der Waals surface area contributed by atoms with Gasteiger partial charge in [0.05, 0.1) is 6.10 Å². The van der Waals surface area contributed by atoms with Gasteiger partial charge in [0.1, 0.15) is 5.60 Å². The van der Waals surface area contributed by atoms with Gasteiger partial charge in [-0.2, -0.15) is 0 Å². The fourth-order valence-corrected chi connectivity index (χ4v) is 7.30. The second-order valence-corrected chi connectivity index (χ2v) is 8.82. The number of allylic oxidation sites excluding steroid dienone is 1. The summed E-state index contributed by atoms with van der Waals surface area (Å²) < 4.78 is 0. The van der Waals surface area contributed by atoms with Crippen LogP contribution in [0.4, 0.5) is 0 Å². The summed E-state index contributed by atoms with van der Waals surface area (Å²) in [5, 5.41) is 23.8. The molecule has 4 rings (SSSR count). The van der Waals surface area contributed by atoms with Gasteiger partial charge in [-0.05, 0) is 93.1 Å². The zero-order chi connectivity index (χ0) is 16.9. The van der Waals surface area contributed by atoms with Crippen LogP contribution in [0.1, 0.15) is 64.7 Å². The molecule has 0 saturated heterocycles. The summed E-state index contributed by atoms with van der Waals surface area (Å²) in [6.07, 6.45) is 11.5. The van der Waals surface area contributed by atoms with Crippen LogP contribution in [0.15, 0.2) is 11.6 Å². The highest BCUT2D eigenvalue weighted by Gasteiger charge is 2.63. The highest BCUT2D eigenvalue weighted by atomic mass is 35.5. The third-order valence-corrected chi connectivity index (χ3v) is 8.26. The zero-order valence-corrected chi connectivity index (χ0v) is 15.4. The first-order valence-corrected chi connectivity index (χ1v) is 10.2. The Balaban J connectivity index is 1.66. The number of aliphatic hydroxyl groups is 2. The molecular weight excluding hydrogens is 320 g/mol. The lowest BCUT2D eigenvalue weighted by atomic mass is 9.49. The van der Waals surface area contributed by atoms with E-state index in [1.54, 1.807) is 0 Å². The van der Waals surface area contributed by atoms with Crippen molar-refractivity contribution in [1.82, 2.24) is 0 Å². The van der Waals surface area contributed by atoms with E-state index >= 15 is 0 Å². The van der Waals surface area contributed by atoms with Crippen molar-refractivity contribution >= 4 is 11.6 Å². The number of aliphatic hydroxyl groups excluding tert-OH is 1. The molecule has 4 aliphatic carbocycles. The van der Waals surface area contributed by atoms with Crippen LogP contribution in [0.25, 0.3) is 0 Å². The van der Waals surface area contributed by atoms with Crippen LogP contribution in [0.3, 0.4) is 0 Å². The van der Waals surface area contributed by atoms with E-state index in [-0.39, 0.29) is 11.5 Å². The molecule has 0 aromatic carbocycles. The van der Waals surface area contributed by atoms with Crippen molar-refractivity contribution in [2.45, 2.75) is 76.4 Å². The summed E-state index contributed by atoms with van der Waals surface area (Å²) in [6, 6.07) is 0. The van der Waals surface area contributed by atoms with E-state index in [1.807, 2.05) is 0 Å². The zero-order valence-electron chi connectivity index (χ0n) is 14.6. The summed E-state index contributed by atoms with van der Waals surface area (Å²) in [5.74, 6) is 5.71. The van der Waals surface area contributed by atoms with Gasteiger partial charge in [0.2, 0.25) is 0 Å². The predicted molar refractivity (Wildman–Crippen MR) is 96.3 cm³/mol. The average molecular weight is 349 g/mol. The monoisotopic (exact) mass is 348 g/mol. The number of fused-ring (bicyclic) bond motifs is 5. The van der Waals surface area contributed by atoms with Crippen molar-refractivity contribution in [3.05, 3.63) is 11.6 Å². The van der Waals surface area contributed by atoms with Gasteiger partial charge >= 0.3 is 0 Å². The highest BCUT2D eigenvalue weighted by molar-refractivity contribution is 6.30. The van der Waals surface area contributed by atoms with E-state index in [2.05, 4.69) is 24.3 Å². The topological polar surface area (TPSA) is 40.5 Å². The van der Waals surface area contributed by atoms with Crippen LogP contribution >= 0.6 is 11.6 Å². The maximum Gasteiger partial charge on any atom is 0.132 e. The third kappa shape index (κ3) is 2.24. The van der Waals surface area contributed by atoms with Crippen molar-refractivity contribution in [2.75, 3.05) is 0 Å². The molecule has 24 heavy (non-hydrogen) atoms. The Hall–Kier alpha value is -0.490. The standard InChI is InChI=1S/C21H29ClO2/c1-2-20-9-7-17-16-6-4-15(23)13-14(16)3-5-18(17)19(20)8-10-21(20,24)11-12-22/h13,15-19,23-24H,2-10H2,1H3/t15-,16-,17+,18+,19-,20-,21+/m0/s1. The van der Waals surface area contributed by atoms with Gasteiger partial charge in [0.25, 0.3) is 0 Å². The first kappa shape index (κ1) is 17.0. The molecule has 0 radical (unpaired) electrons. The summed E-state index contributed by atoms with van der Waals surface area (Å²) in [5.41, 5.74) is 0.566. The minimum Gasteiger partial charge on any atom is -0.389 e. The molecule has 3 saturated carbocycles. The van der Waals surface area contributed by atoms with Crippen molar-refractivity contribution in [2.24, 2.45) is 29.1 Å². The molecule has 0 unspecified atom stereocenters. The molecule has 4 aliphatic rings. The number of rotatable bonds is 1. The summed E-state index contributed by atoms with van der Waals surface area (Å²) >= 11 is 5.71.